The fourth-order valence-electron chi connectivity index (χ4n) is 8.94. The molecule has 0 saturated heterocycles. The van der Waals surface area contributed by atoms with Crippen molar-refractivity contribution in [2.45, 2.75) is 78.6 Å². The van der Waals surface area contributed by atoms with E-state index in [1.807, 2.05) is 18.3 Å². The van der Waals surface area contributed by atoms with Crippen LogP contribution in [0.3, 0.4) is 0 Å². The minimum atomic E-state index is -0.328. The molecule has 322 valence electrons. The van der Waals surface area contributed by atoms with Crippen molar-refractivity contribution in [3.05, 3.63) is 168 Å². The number of furan rings is 1. The Hall–Kier alpha value is -6.29. The van der Waals surface area contributed by atoms with Crippen molar-refractivity contribution < 1.29 is 30.6 Å². The molecule has 7 aromatic carbocycles. The van der Waals surface area contributed by atoms with Crippen LogP contribution in [0.5, 0.6) is 5.75 Å². The quantitative estimate of drug-likeness (QED) is 0.175. The summed E-state index contributed by atoms with van der Waals surface area (Å²) in [5, 5.41) is 16.8. The van der Waals surface area contributed by atoms with E-state index in [9.17, 15) is 5.11 Å². The van der Waals surface area contributed by atoms with Gasteiger partial charge in [-0.2, -0.15) is 0 Å². The van der Waals surface area contributed by atoms with Crippen molar-refractivity contribution in [2.75, 3.05) is 0 Å². The molecule has 0 bridgehead atoms. The van der Waals surface area contributed by atoms with E-state index in [2.05, 4.69) is 200 Å². The largest absolute Gasteiger partial charge is 0.507 e. The Morgan fingerprint density at radius 2 is 1.25 bits per heavy atom. The molecule has 0 aliphatic rings. The summed E-state index contributed by atoms with van der Waals surface area (Å²) in [5.74, 6) is 0.914. The van der Waals surface area contributed by atoms with E-state index in [1.54, 1.807) is 0 Å². The first-order chi connectivity index (χ1) is 30.0. The van der Waals surface area contributed by atoms with Crippen LogP contribution in [0.15, 0.2) is 150 Å². The van der Waals surface area contributed by atoms with Gasteiger partial charge in [-0.05, 0) is 86.2 Å². The van der Waals surface area contributed by atoms with Gasteiger partial charge in [0.25, 0.3) is 0 Å². The van der Waals surface area contributed by atoms with Gasteiger partial charge in [-0.1, -0.05) is 152 Å². The topological polar surface area (TPSA) is 64.1 Å². The van der Waals surface area contributed by atoms with Gasteiger partial charge in [0.05, 0.1) is 22.3 Å². The Balaban J connectivity index is 0.00000518. The van der Waals surface area contributed by atoms with Crippen LogP contribution in [-0.4, -0.2) is 19.6 Å². The molecule has 0 atom stereocenters. The van der Waals surface area contributed by atoms with Gasteiger partial charge >= 0.3 is 0 Å². The average Bonchev–Trinajstić information content (AvgIpc) is 3.83. The Labute approximate surface area is 390 Å². The van der Waals surface area contributed by atoms with Crippen molar-refractivity contribution in [1.29, 1.82) is 0 Å². The number of imidazole rings is 1. The number of hydrogen-bond donors (Lipinski definition) is 1. The van der Waals surface area contributed by atoms with Crippen LogP contribution in [0.4, 0.5) is 0 Å². The van der Waals surface area contributed by atoms with Crippen LogP contribution >= 0.6 is 0 Å². The van der Waals surface area contributed by atoms with Crippen LogP contribution in [0.2, 0.25) is 0 Å². The molecule has 10 aromatic rings. The molecule has 0 aliphatic carbocycles. The SMILES string of the molecule is CC(C)(C)c1ccc(-n2c(-c3cc(C(C)(C)C)cc(C(C)(C)C)c3O)nc3c(-c4[c-]c(-c5nccc6c5oc5cc7ccccc7cc56)ccc4)cccc32)c(-c2ccccc2)c1.[Pt]. The monoisotopic (exact) mass is 1020 g/mol. The Kier molecular flexibility index (Phi) is 10.6. The molecule has 0 fully saturated rings. The zero-order valence-electron chi connectivity index (χ0n) is 37.9. The van der Waals surface area contributed by atoms with Crippen LogP contribution in [0.25, 0.3) is 94.3 Å². The van der Waals surface area contributed by atoms with E-state index in [4.69, 9.17) is 14.4 Å². The van der Waals surface area contributed by atoms with E-state index >= 15 is 0 Å². The first-order valence-electron chi connectivity index (χ1n) is 21.9. The first kappa shape index (κ1) is 43.0. The summed E-state index contributed by atoms with van der Waals surface area (Å²) in [4.78, 5) is 10.5. The third kappa shape index (κ3) is 7.44. The van der Waals surface area contributed by atoms with Crippen molar-refractivity contribution in [1.82, 2.24) is 14.5 Å². The van der Waals surface area contributed by atoms with Gasteiger partial charge in [-0.25, -0.2) is 4.98 Å². The van der Waals surface area contributed by atoms with Crippen molar-refractivity contribution >= 4 is 43.7 Å². The van der Waals surface area contributed by atoms with Crippen LogP contribution in [0, 0.1) is 6.07 Å². The van der Waals surface area contributed by atoms with Gasteiger partial charge in [-0.15, -0.1) is 29.8 Å². The number of nitrogens with zero attached hydrogens (tertiary/aromatic N) is 3. The Morgan fingerprint density at radius 3 is 1.97 bits per heavy atom. The summed E-state index contributed by atoms with van der Waals surface area (Å²) in [6.45, 7) is 19.9. The third-order valence-electron chi connectivity index (χ3n) is 12.5. The molecule has 64 heavy (non-hydrogen) atoms. The second-order valence-corrected chi connectivity index (χ2v) is 20.0. The molecule has 3 heterocycles. The van der Waals surface area contributed by atoms with E-state index in [0.717, 1.165) is 88.7 Å². The van der Waals surface area contributed by atoms with Gasteiger partial charge in [-0.3, -0.25) is 9.55 Å². The number of hydrogen-bond acceptors (Lipinski definition) is 4. The summed E-state index contributed by atoms with van der Waals surface area (Å²) >= 11 is 0. The van der Waals surface area contributed by atoms with Gasteiger partial charge in [0.1, 0.15) is 22.7 Å². The predicted molar refractivity (Wildman–Crippen MR) is 262 cm³/mol. The van der Waals surface area contributed by atoms with Crippen LogP contribution in [-0.2, 0) is 37.3 Å². The van der Waals surface area contributed by atoms with Crippen LogP contribution < -0.4 is 0 Å². The number of aromatic hydroxyl groups is 1. The standard InChI is InChI=1S/C58H52N3O2.Pt/c1-56(2,3)40-25-26-48(44(32-40)35-17-11-10-12-18-35)61-49-24-16-23-42(52(49)60-55(61)46-33-41(57(4,5)6)34-47(53(46)62)58(7,8)9)38-21-15-22-39(29-38)51-54-43(27-28-59-51)45-30-36-19-13-14-20-37(36)31-50(45)63-54;/h10-28,30-34,62H,1-9H3;/q-1;. The Morgan fingerprint density at radius 1 is 0.578 bits per heavy atom. The zero-order valence-corrected chi connectivity index (χ0v) is 40.1. The summed E-state index contributed by atoms with van der Waals surface area (Å²) < 4.78 is 8.87. The van der Waals surface area contributed by atoms with Crippen molar-refractivity contribution in [2.24, 2.45) is 0 Å². The number of para-hydroxylation sites is 1. The number of benzene rings is 7. The summed E-state index contributed by atoms with van der Waals surface area (Å²) in [5.41, 5.74) is 13.2. The van der Waals surface area contributed by atoms with E-state index in [0.29, 0.717) is 11.4 Å². The summed E-state index contributed by atoms with van der Waals surface area (Å²) in [7, 11) is 0. The number of phenols is 1. The number of pyridine rings is 1. The third-order valence-corrected chi connectivity index (χ3v) is 12.5. The molecule has 6 heteroatoms. The Bertz CT molecular complexity index is 3410. The van der Waals surface area contributed by atoms with Gasteiger partial charge in [0.2, 0.25) is 0 Å². The summed E-state index contributed by atoms with van der Waals surface area (Å²) in [6.07, 6.45) is 1.86. The molecule has 10 rings (SSSR count). The van der Waals surface area contributed by atoms with Crippen LogP contribution in [0.1, 0.15) is 79.0 Å². The predicted octanol–water partition coefficient (Wildman–Crippen LogP) is 15.5. The van der Waals surface area contributed by atoms with E-state index in [-0.39, 0.29) is 43.1 Å². The van der Waals surface area contributed by atoms with Gasteiger partial charge in [0, 0.05) is 54.9 Å². The molecular formula is C58H52N3O2Pt-. The first-order valence-corrected chi connectivity index (χ1v) is 21.9. The maximum atomic E-state index is 12.5. The summed E-state index contributed by atoms with van der Waals surface area (Å²) in [6, 6.07) is 52.7. The molecule has 1 N–H and O–H groups in total. The van der Waals surface area contributed by atoms with Gasteiger partial charge < -0.3 is 9.52 Å². The molecule has 0 radical (unpaired) electrons. The molecule has 5 nitrogen and oxygen atoms in total. The van der Waals surface area contributed by atoms with Crippen molar-refractivity contribution in [3.63, 3.8) is 0 Å². The fourth-order valence-corrected chi connectivity index (χ4v) is 8.94. The average molecular weight is 1020 g/mol. The van der Waals surface area contributed by atoms with E-state index in [1.165, 1.54) is 10.9 Å². The molecule has 3 aromatic heterocycles. The molecular weight excluding hydrogens is 966 g/mol. The second-order valence-electron chi connectivity index (χ2n) is 20.0. The molecule has 0 unspecified atom stereocenters. The fraction of sp³-hybridized carbons (Fsp3) is 0.207. The minimum Gasteiger partial charge on any atom is -0.507 e. The minimum absolute atomic E-state index is 0. The number of rotatable bonds is 5. The number of aromatic nitrogens is 3. The number of phenolic OH excluding ortho intramolecular Hbond substituents is 1. The zero-order chi connectivity index (χ0) is 44.0. The molecule has 0 amide bonds. The molecule has 0 spiro atoms. The molecule has 0 saturated carbocycles. The maximum Gasteiger partial charge on any atom is 0.148 e. The number of fused-ring (bicyclic) bond motifs is 5. The van der Waals surface area contributed by atoms with Crippen molar-refractivity contribution in [3.8, 4) is 56.3 Å². The normalized spacial score (nSPS) is 12.4. The second kappa shape index (κ2) is 15.7. The van der Waals surface area contributed by atoms with Gasteiger partial charge in [0.15, 0.2) is 0 Å². The molecule has 0 aliphatic heterocycles. The van der Waals surface area contributed by atoms with E-state index < -0.39 is 0 Å². The smallest absolute Gasteiger partial charge is 0.148 e. The maximum absolute atomic E-state index is 12.5.